The number of hydrogen-bond acceptors (Lipinski definition) is 6. The normalized spacial score (nSPS) is 11.2. The number of rotatable bonds is 5. The topological polar surface area (TPSA) is 64.3 Å². The Bertz CT molecular complexity index is 497. The molecule has 2 aromatic rings. The van der Waals surface area contributed by atoms with Gasteiger partial charge in [0.1, 0.15) is 10.3 Å². The smallest absolute Gasteiger partial charge is 0.214 e. The van der Waals surface area contributed by atoms with Gasteiger partial charge >= 0.3 is 0 Å². The Kier molecular flexibility index (Phi) is 3.75. The van der Waals surface area contributed by atoms with Gasteiger partial charge in [0.15, 0.2) is 5.13 Å². The first-order chi connectivity index (χ1) is 8.15. The van der Waals surface area contributed by atoms with E-state index in [4.69, 9.17) is 10.5 Å². The predicted molar refractivity (Wildman–Crippen MR) is 70.5 cm³/mol. The summed E-state index contributed by atoms with van der Waals surface area (Å²) >= 11 is 1.38. The van der Waals surface area contributed by atoms with E-state index in [1.807, 2.05) is 26.2 Å². The molecule has 0 bridgehead atoms. The second-order valence-electron chi connectivity index (χ2n) is 4.03. The quantitative estimate of drug-likeness (QED) is 0.819. The van der Waals surface area contributed by atoms with Gasteiger partial charge < -0.3 is 15.4 Å². The zero-order valence-electron chi connectivity index (χ0n) is 10.0. The summed E-state index contributed by atoms with van der Waals surface area (Å²) < 4.78 is 5.57. The number of aromatic nitrogens is 2. The highest BCUT2D eigenvalue weighted by Crippen LogP contribution is 2.23. The van der Waals surface area contributed by atoms with E-state index in [0.29, 0.717) is 17.6 Å². The average molecular weight is 252 g/mol. The molecule has 0 unspecified atom stereocenters. The number of ether oxygens (including phenoxy) is 1. The van der Waals surface area contributed by atoms with Crippen LogP contribution in [0.2, 0.25) is 0 Å². The number of anilines is 1. The van der Waals surface area contributed by atoms with Crippen molar-refractivity contribution in [2.24, 2.45) is 0 Å². The minimum absolute atomic E-state index is 0.539. The summed E-state index contributed by atoms with van der Waals surface area (Å²) in [6, 6.07) is 3.72. The molecule has 2 N–H and O–H groups in total. The molecule has 0 amide bonds. The molecular formula is C11H16N4OS. The van der Waals surface area contributed by atoms with Gasteiger partial charge in [-0.05, 0) is 26.6 Å². The van der Waals surface area contributed by atoms with E-state index in [2.05, 4.69) is 14.9 Å². The minimum Gasteiger partial charge on any atom is -0.478 e. The van der Waals surface area contributed by atoms with Crippen LogP contribution in [0, 0.1) is 0 Å². The number of thiazole rings is 1. The maximum atomic E-state index is 5.62. The fraction of sp³-hybridized carbons (Fsp3) is 0.455. The van der Waals surface area contributed by atoms with Gasteiger partial charge in [-0.15, -0.1) is 0 Å². The van der Waals surface area contributed by atoms with E-state index in [-0.39, 0.29) is 0 Å². The molecule has 6 heteroatoms. The molecule has 17 heavy (non-hydrogen) atoms. The van der Waals surface area contributed by atoms with Crippen LogP contribution in [0.4, 0.5) is 5.13 Å². The lowest BCUT2D eigenvalue weighted by Crippen LogP contribution is -2.15. The highest BCUT2D eigenvalue weighted by Gasteiger charge is 2.04. The summed E-state index contributed by atoms with van der Waals surface area (Å²) in [5.41, 5.74) is 6.44. The van der Waals surface area contributed by atoms with Crippen LogP contribution in [0.3, 0.4) is 0 Å². The van der Waals surface area contributed by atoms with E-state index in [1.54, 1.807) is 0 Å². The molecule has 0 atom stereocenters. The lowest BCUT2D eigenvalue weighted by atomic mass is 10.4. The second-order valence-corrected chi connectivity index (χ2v) is 5.04. The number of pyridine rings is 1. The van der Waals surface area contributed by atoms with Crippen molar-refractivity contribution in [3.8, 4) is 5.88 Å². The lowest BCUT2D eigenvalue weighted by Gasteiger charge is -2.09. The van der Waals surface area contributed by atoms with Crippen LogP contribution in [-0.2, 0) is 0 Å². The van der Waals surface area contributed by atoms with Crippen molar-refractivity contribution in [3.63, 3.8) is 0 Å². The third-order valence-electron chi connectivity index (χ3n) is 2.25. The minimum atomic E-state index is 0.539. The SMILES string of the molecule is CN(C)CCCOc1ccc2nc(N)sc2n1. The van der Waals surface area contributed by atoms with Crippen molar-refractivity contribution in [2.75, 3.05) is 33.0 Å². The second kappa shape index (κ2) is 5.29. The first kappa shape index (κ1) is 12.1. The molecule has 0 saturated heterocycles. The van der Waals surface area contributed by atoms with Gasteiger partial charge in [0, 0.05) is 12.6 Å². The van der Waals surface area contributed by atoms with Crippen LogP contribution in [0.1, 0.15) is 6.42 Å². The highest BCUT2D eigenvalue weighted by molar-refractivity contribution is 7.21. The van der Waals surface area contributed by atoms with Crippen LogP contribution >= 0.6 is 11.3 Å². The molecule has 0 spiro atoms. The summed E-state index contributed by atoms with van der Waals surface area (Å²) in [7, 11) is 4.09. The molecule has 0 aliphatic heterocycles. The van der Waals surface area contributed by atoms with E-state index >= 15 is 0 Å². The average Bonchev–Trinajstić information content (AvgIpc) is 2.63. The van der Waals surface area contributed by atoms with Gasteiger partial charge in [0.05, 0.1) is 6.61 Å². The van der Waals surface area contributed by atoms with Crippen LogP contribution in [0.5, 0.6) is 5.88 Å². The Morgan fingerprint density at radius 1 is 1.35 bits per heavy atom. The molecule has 0 aliphatic rings. The Morgan fingerprint density at radius 2 is 2.18 bits per heavy atom. The number of fused-ring (bicyclic) bond motifs is 1. The molecule has 0 aromatic carbocycles. The summed E-state index contributed by atoms with van der Waals surface area (Å²) in [6.45, 7) is 1.68. The molecule has 2 rings (SSSR count). The van der Waals surface area contributed by atoms with Crippen LogP contribution in [0.25, 0.3) is 10.3 Å². The molecule has 0 fully saturated rings. The standard InChI is InChI=1S/C11H16N4OS/c1-15(2)6-3-7-16-9-5-4-8-10(14-9)17-11(12)13-8/h4-5H,3,6-7H2,1-2H3,(H2,12,13). The lowest BCUT2D eigenvalue weighted by molar-refractivity contribution is 0.274. The van der Waals surface area contributed by atoms with Gasteiger partial charge in [0.2, 0.25) is 5.88 Å². The molecule has 5 nitrogen and oxygen atoms in total. The maximum Gasteiger partial charge on any atom is 0.214 e. The van der Waals surface area contributed by atoms with Crippen molar-refractivity contribution in [1.29, 1.82) is 0 Å². The molecule has 0 aliphatic carbocycles. The van der Waals surface area contributed by atoms with E-state index in [1.165, 1.54) is 11.3 Å². The molecule has 2 heterocycles. The maximum absolute atomic E-state index is 5.62. The zero-order chi connectivity index (χ0) is 12.3. The monoisotopic (exact) mass is 252 g/mol. The van der Waals surface area contributed by atoms with Crippen LogP contribution in [0.15, 0.2) is 12.1 Å². The van der Waals surface area contributed by atoms with Crippen molar-refractivity contribution in [1.82, 2.24) is 14.9 Å². The van der Waals surface area contributed by atoms with Crippen molar-refractivity contribution in [2.45, 2.75) is 6.42 Å². The summed E-state index contributed by atoms with van der Waals surface area (Å²) in [5.74, 6) is 0.639. The predicted octanol–water partition coefficient (Wildman–Crippen LogP) is 1.60. The molecule has 2 aromatic heterocycles. The molecule has 92 valence electrons. The number of nitrogen functional groups attached to an aromatic ring is 1. The van der Waals surface area contributed by atoms with Crippen molar-refractivity contribution < 1.29 is 4.74 Å². The fourth-order valence-electron chi connectivity index (χ4n) is 1.45. The Labute approximate surface area is 104 Å². The van der Waals surface area contributed by atoms with Gasteiger partial charge in [-0.1, -0.05) is 11.3 Å². The van der Waals surface area contributed by atoms with Crippen molar-refractivity contribution >= 4 is 26.8 Å². The third-order valence-corrected chi connectivity index (χ3v) is 3.04. The summed E-state index contributed by atoms with van der Waals surface area (Å²) in [6.07, 6.45) is 0.984. The van der Waals surface area contributed by atoms with E-state index in [0.717, 1.165) is 23.3 Å². The third kappa shape index (κ3) is 3.28. The largest absolute Gasteiger partial charge is 0.478 e. The molecule has 0 saturated carbocycles. The van der Waals surface area contributed by atoms with Crippen LogP contribution < -0.4 is 10.5 Å². The number of nitrogens with zero attached hydrogens (tertiary/aromatic N) is 3. The fourth-order valence-corrected chi connectivity index (χ4v) is 2.15. The summed E-state index contributed by atoms with van der Waals surface area (Å²) in [4.78, 5) is 11.5. The first-order valence-electron chi connectivity index (χ1n) is 5.46. The molecule has 0 radical (unpaired) electrons. The Morgan fingerprint density at radius 3 is 2.94 bits per heavy atom. The Balaban J connectivity index is 1.94. The number of nitrogens with two attached hydrogens (primary N) is 1. The van der Waals surface area contributed by atoms with Gasteiger partial charge in [-0.25, -0.2) is 9.97 Å². The zero-order valence-corrected chi connectivity index (χ0v) is 10.8. The van der Waals surface area contributed by atoms with E-state index in [9.17, 15) is 0 Å². The number of hydrogen-bond donors (Lipinski definition) is 1. The first-order valence-corrected chi connectivity index (χ1v) is 6.27. The van der Waals surface area contributed by atoms with Crippen LogP contribution in [-0.4, -0.2) is 42.1 Å². The highest BCUT2D eigenvalue weighted by atomic mass is 32.1. The van der Waals surface area contributed by atoms with Crippen molar-refractivity contribution in [3.05, 3.63) is 12.1 Å². The van der Waals surface area contributed by atoms with E-state index < -0.39 is 0 Å². The Hall–Kier alpha value is -1.40. The summed E-state index contributed by atoms with van der Waals surface area (Å²) in [5, 5.41) is 0.539. The van der Waals surface area contributed by atoms with Gasteiger partial charge in [-0.3, -0.25) is 0 Å². The van der Waals surface area contributed by atoms with Gasteiger partial charge in [0.25, 0.3) is 0 Å². The van der Waals surface area contributed by atoms with Gasteiger partial charge in [-0.2, -0.15) is 0 Å². The molecular weight excluding hydrogens is 236 g/mol.